The fourth-order valence-electron chi connectivity index (χ4n) is 4.14. The molecule has 0 fully saturated rings. The van der Waals surface area contributed by atoms with Gasteiger partial charge in [-0.15, -0.1) is 20.5 Å². The zero-order valence-electron chi connectivity index (χ0n) is 24.9. The average molecular weight is 618 g/mol. The highest BCUT2D eigenvalue weighted by molar-refractivity contribution is 6.00. The number of hydrogen-bond acceptors (Lipinski definition) is 16. The first-order valence-corrected chi connectivity index (χ1v) is 13.1. The molecule has 0 atom stereocenters. The molecular formula is C25H27N15O5. The molecule has 20 nitrogen and oxygen atoms in total. The van der Waals surface area contributed by atoms with Gasteiger partial charge in [-0.2, -0.15) is 35.0 Å². The Morgan fingerprint density at radius 1 is 0.956 bits per heavy atom. The van der Waals surface area contributed by atoms with Gasteiger partial charge in [-0.1, -0.05) is 0 Å². The standard InChI is InChI=1S/C25H27N15O5/c1-12-16(31-33-22-15(24(44)45-6)9-28-38(22)5)10-39(35-12)25-29-18(7-19(43)30-25)40-23(26-3)20(13(2)36-40)32-34-21-14(17(42)11-41)8-27-37(21)4/h7-10,26,41H,11H2,1-6H3,(H,29,30,43)/b33-31+,34-32+. The number of aryl methyl sites for hydroxylation is 4. The molecule has 0 saturated heterocycles. The fourth-order valence-corrected chi connectivity index (χ4v) is 4.14. The molecule has 0 unspecified atom stereocenters. The van der Waals surface area contributed by atoms with Crippen LogP contribution >= 0.6 is 0 Å². The van der Waals surface area contributed by atoms with Gasteiger partial charge in [-0.25, -0.2) is 18.8 Å². The number of ether oxygens (including phenoxy) is 1. The Balaban J connectivity index is 1.49. The Bertz CT molecular complexity index is 1980. The van der Waals surface area contributed by atoms with Crippen LogP contribution in [0.4, 0.5) is 28.8 Å². The number of aromatic hydroxyl groups is 1. The van der Waals surface area contributed by atoms with Crippen molar-refractivity contribution in [2.75, 3.05) is 26.1 Å². The number of nitrogens with zero attached hydrogens (tertiary/aromatic N) is 14. The molecule has 0 saturated carbocycles. The molecule has 0 radical (unpaired) electrons. The molecule has 0 aliphatic heterocycles. The number of rotatable bonds is 10. The second kappa shape index (κ2) is 12.2. The van der Waals surface area contributed by atoms with Gasteiger partial charge in [0.1, 0.15) is 17.9 Å². The lowest BCUT2D eigenvalue weighted by Crippen LogP contribution is -2.09. The van der Waals surface area contributed by atoms with Crippen LogP contribution in [-0.2, 0) is 18.8 Å². The van der Waals surface area contributed by atoms with Crippen molar-refractivity contribution in [1.29, 1.82) is 0 Å². The molecule has 3 N–H and O–H groups in total. The van der Waals surface area contributed by atoms with Gasteiger partial charge in [0, 0.05) is 27.2 Å². The van der Waals surface area contributed by atoms with Crippen molar-refractivity contribution < 1.29 is 24.5 Å². The van der Waals surface area contributed by atoms with E-state index in [9.17, 15) is 19.8 Å². The van der Waals surface area contributed by atoms with Crippen LogP contribution < -0.4 is 5.32 Å². The lowest BCUT2D eigenvalue weighted by atomic mass is 10.2. The van der Waals surface area contributed by atoms with E-state index < -0.39 is 18.4 Å². The minimum absolute atomic E-state index is 0.00856. The van der Waals surface area contributed by atoms with Gasteiger partial charge in [-0.3, -0.25) is 4.79 Å². The summed E-state index contributed by atoms with van der Waals surface area (Å²) in [5.74, 6) is -0.677. The summed E-state index contributed by atoms with van der Waals surface area (Å²) in [7, 11) is 6.09. The average Bonchev–Trinajstić information content (AvgIpc) is 3.78. The highest BCUT2D eigenvalue weighted by Crippen LogP contribution is 2.33. The minimum Gasteiger partial charge on any atom is -0.493 e. The summed E-state index contributed by atoms with van der Waals surface area (Å²) in [5, 5.41) is 56.6. The van der Waals surface area contributed by atoms with Gasteiger partial charge in [0.15, 0.2) is 34.7 Å². The Morgan fingerprint density at radius 2 is 1.62 bits per heavy atom. The minimum atomic E-state index is -0.701. The van der Waals surface area contributed by atoms with Crippen LogP contribution in [-0.4, -0.2) is 91.8 Å². The van der Waals surface area contributed by atoms with E-state index >= 15 is 0 Å². The summed E-state index contributed by atoms with van der Waals surface area (Å²) in [6.45, 7) is 2.68. The van der Waals surface area contributed by atoms with Crippen LogP contribution in [0, 0.1) is 13.8 Å². The molecule has 5 rings (SSSR count). The van der Waals surface area contributed by atoms with Crippen LogP contribution in [0.25, 0.3) is 11.8 Å². The fraction of sp³-hybridized carbons (Fsp3) is 0.280. The van der Waals surface area contributed by atoms with Crippen molar-refractivity contribution in [2.45, 2.75) is 13.8 Å². The third-order valence-electron chi connectivity index (χ3n) is 6.41. The zero-order chi connectivity index (χ0) is 32.4. The van der Waals surface area contributed by atoms with Crippen molar-refractivity contribution in [3.05, 3.63) is 47.2 Å². The summed E-state index contributed by atoms with van der Waals surface area (Å²) in [6, 6.07) is 1.30. The number of carbonyl (C=O) groups excluding carboxylic acids is 2. The molecule has 5 heterocycles. The van der Waals surface area contributed by atoms with E-state index in [0.717, 1.165) is 0 Å². The van der Waals surface area contributed by atoms with Crippen molar-refractivity contribution >= 4 is 40.6 Å². The molecule has 0 amide bonds. The van der Waals surface area contributed by atoms with Crippen molar-refractivity contribution in [2.24, 2.45) is 34.6 Å². The number of methoxy groups -OCH3 is 1. The molecule has 0 spiro atoms. The molecular weight excluding hydrogens is 590 g/mol. The SMILES string of the molecule is CNc1c(/N=N/c2c(C(=O)CO)cnn2C)c(C)nn1-c1cc(O)nc(-n2cc(/N=N/c3c(C(=O)OC)cnn3C)c(C)n2)n1. The predicted octanol–water partition coefficient (Wildman–Crippen LogP) is 2.47. The second-order valence-corrected chi connectivity index (χ2v) is 9.36. The van der Waals surface area contributed by atoms with Crippen LogP contribution in [0.15, 0.2) is 45.1 Å². The first kappa shape index (κ1) is 30.3. The maximum Gasteiger partial charge on any atom is 0.343 e. The first-order valence-electron chi connectivity index (χ1n) is 13.1. The smallest absolute Gasteiger partial charge is 0.343 e. The van der Waals surface area contributed by atoms with Crippen LogP contribution in [0.1, 0.15) is 32.1 Å². The quantitative estimate of drug-likeness (QED) is 0.116. The van der Waals surface area contributed by atoms with E-state index in [-0.39, 0.29) is 40.4 Å². The number of nitrogens with one attached hydrogen (secondary N) is 1. The van der Waals surface area contributed by atoms with E-state index in [0.29, 0.717) is 28.6 Å². The number of aliphatic hydroxyl groups is 1. The Kier molecular flexibility index (Phi) is 8.21. The molecule has 0 aliphatic carbocycles. The third kappa shape index (κ3) is 5.76. The Labute approximate surface area is 253 Å². The number of aromatic nitrogens is 10. The topological polar surface area (TPSA) is 242 Å². The van der Waals surface area contributed by atoms with Crippen molar-refractivity contribution in [1.82, 2.24) is 49.1 Å². The molecule has 232 valence electrons. The molecule has 0 aliphatic rings. The number of Topliss-reactive ketones (excluding diaryl/α,β-unsaturated/α-hetero) is 1. The van der Waals surface area contributed by atoms with Crippen molar-refractivity contribution in [3.63, 3.8) is 0 Å². The monoisotopic (exact) mass is 617 g/mol. The number of carbonyl (C=O) groups is 2. The summed E-state index contributed by atoms with van der Waals surface area (Å²) in [6.07, 6.45) is 4.13. The Morgan fingerprint density at radius 3 is 2.29 bits per heavy atom. The van der Waals surface area contributed by atoms with Crippen LogP contribution in [0.5, 0.6) is 5.88 Å². The van der Waals surface area contributed by atoms with Crippen LogP contribution in [0.3, 0.4) is 0 Å². The summed E-state index contributed by atoms with van der Waals surface area (Å²) < 4.78 is 10.2. The highest BCUT2D eigenvalue weighted by Gasteiger charge is 2.21. The largest absolute Gasteiger partial charge is 0.493 e. The number of esters is 1. The van der Waals surface area contributed by atoms with Crippen LogP contribution in [0.2, 0.25) is 0 Å². The normalized spacial score (nSPS) is 11.6. The maximum atomic E-state index is 12.1. The highest BCUT2D eigenvalue weighted by atomic mass is 16.5. The predicted molar refractivity (Wildman–Crippen MR) is 154 cm³/mol. The molecule has 5 aromatic heterocycles. The lowest BCUT2D eigenvalue weighted by Gasteiger charge is -2.08. The van der Waals surface area contributed by atoms with Gasteiger partial charge in [-0.05, 0) is 13.8 Å². The Hall–Kier alpha value is -6.18. The van der Waals surface area contributed by atoms with E-state index in [1.54, 1.807) is 35.0 Å². The van der Waals surface area contributed by atoms with Gasteiger partial charge in [0.25, 0.3) is 5.95 Å². The number of hydrogen-bond donors (Lipinski definition) is 3. The van der Waals surface area contributed by atoms with Gasteiger partial charge in [0.05, 0.1) is 42.7 Å². The van der Waals surface area contributed by atoms with E-state index in [1.165, 1.54) is 50.5 Å². The third-order valence-corrected chi connectivity index (χ3v) is 6.41. The maximum absolute atomic E-state index is 12.1. The van der Waals surface area contributed by atoms with E-state index in [2.05, 4.69) is 56.1 Å². The number of azo groups is 2. The summed E-state index contributed by atoms with van der Waals surface area (Å²) in [5.41, 5.74) is 1.81. The number of anilines is 1. The van der Waals surface area contributed by atoms with Crippen molar-refractivity contribution in [3.8, 4) is 17.6 Å². The second-order valence-electron chi connectivity index (χ2n) is 9.36. The lowest BCUT2D eigenvalue weighted by molar-refractivity contribution is 0.0601. The van der Waals surface area contributed by atoms with Gasteiger partial charge < -0.3 is 20.3 Å². The van der Waals surface area contributed by atoms with E-state index in [1.807, 2.05) is 0 Å². The number of aliphatic hydroxyl groups excluding tert-OH is 1. The van der Waals surface area contributed by atoms with Gasteiger partial charge >= 0.3 is 5.97 Å². The van der Waals surface area contributed by atoms with Gasteiger partial charge in [0.2, 0.25) is 5.88 Å². The summed E-state index contributed by atoms with van der Waals surface area (Å²) in [4.78, 5) is 32.7. The van der Waals surface area contributed by atoms with E-state index in [4.69, 9.17) is 4.74 Å². The first-order chi connectivity index (χ1) is 21.6. The molecule has 20 heteroatoms. The zero-order valence-corrected chi connectivity index (χ0v) is 24.9. The molecule has 5 aromatic rings. The number of ketones is 1. The molecule has 0 aromatic carbocycles. The molecule has 0 bridgehead atoms. The molecule has 45 heavy (non-hydrogen) atoms. The summed E-state index contributed by atoms with van der Waals surface area (Å²) >= 11 is 0.